The SMILES string of the molecule is CCOC(=O)c1c(C)[nH]c(C(=O)[C@@H](C)Sc2n[nH]c(N)n2)c1C. The Kier molecular flexibility index (Phi) is 5.09. The van der Waals surface area contributed by atoms with Gasteiger partial charge in [0.2, 0.25) is 11.1 Å². The van der Waals surface area contributed by atoms with E-state index in [0.717, 1.165) is 0 Å². The van der Waals surface area contributed by atoms with Crippen LogP contribution >= 0.6 is 11.8 Å². The molecule has 0 aromatic carbocycles. The van der Waals surface area contributed by atoms with Gasteiger partial charge in [-0.1, -0.05) is 11.8 Å². The number of esters is 1. The van der Waals surface area contributed by atoms with Gasteiger partial charge in [0.1, 0.15) is 0 Å². The number of nitrogens with two attached hydrogens (primary N) is 1. The van der Waals surface area contributed by atoms with Crippen LogP contribution < -0.4 is 5.73 Å². The largest absolute Gasteiger partial charge is 0.462 e. The summed E-state index contributed by atoms with van der Waals surface area (Å²) in [6, 6.07) is 0. The second-order valence-corrected chi connectivity index (χ2v) is 6.28. The van der Waals surface area contributed by atoms with Gasteiger partial charge in [0.25, 0.3) is 0 Å². The standard InChI is InChI=1S/C14H19N5O3S/c1-5-22-12(21)9-6(2)10(16-7(9)3)11(20)8(4)23-14-17-13(15)18-19-14/h8,16H,5H2,1-4H3,(H3,15,17,18,19)/t8-/m1/s1. The van der Waals surface area contributed by atoms with E-state index >= 15 is 0 Å². The highest BCUT2D eigenvalue weighted by molar-refractivity contribution is 8.00. The lowest BCUT2D eigenvalue weighted by Crippen LogP contribution is -2.16. The van der Waals surface area contributed by atoms with Crippen molar-refractivity contribution in [3.63, 3.8) is 0 Å². The minimum atomic E-state index is -0.433. The van der Waals surface area contributed by atoms with Gasteiger partial charge in [-0.15, -0.1) is 5.10 Å². The highest BCUT2D eigenvalue weighted by Crippen LogP contribution is 2.26. The lowest BCUT2D eigenvalue weighted by Gasteiger charge is -2.07. The molecule has 2 aromatic rings. The number of ketones is 1. The molecule has 0 saturated heterocycles. The van der Waals surface area contributed by atoms with Gasteiger partial charge in [0.15, 0.2) is 5.78 Å². The highest BCUT2D eigenvalue weighted by Gasteiger charge is 2.26. The molecule has 124 valence electrons. The molecule has 0 aliphatic carbocycles. The first-order chi connectivity index (χ1) is 10.8. The first-order valence-electron chi connectivity index (χ1n) is 7.10. The Labute approximate surface area is 137 Å². The van der Waals surface area contributed by atoms with Crippen LogP contribution in [0.1, 0.15) is 46.0 Å². The normalized spacial score (nSPS) is 12.2. The molecule has 2 heterocycles. The molecule has 0 aliphatic heterocycles. The Morgan fingerprint density at radius 2 is 2.09 bits per heavy atom. The number of aromatic nitrogens is 4. The van der Waals surface area contributed by atoms with Gasteiger partial charge < -0.3 is 15.5 Å². The quantitative estimate of drug-likeness (QED) is 0.417. The van der Waals surface area contributed by atoms with Crippen LogP contribution in [0.15, 0.2) is 5.16 Å². The van der Waals surface area contributed by atoms with Crippen LogP contribution in [0.25, 0.3) is 0 Å². The summed E-state index contributed by atoms with van der Waals surface area (Å²) in [5, 5.41) is 6.38. The van der Waals surface area contributed by atoms with Crippen molar-refractivity contribution in [1.82, 2.24) is 20.2 Å². The average molecular weight is 337 g/mol. The minimum Gasteiger partial charge on any atom is -0.462 e. The van der Waals surface area contributed by atoms with Crippen molar-refractivity contribution < 1.29 is 14.3 Å². The molecule has 1 atom stereocenters. The topological polar surface area (TPSA) is 127 Å². The monoisotopic (exact) mass is 337 g/mol. The van der Waals surface area contributed by atoms with Crippen molar-refractivity contribution >= 4 is 29.5 Å². The number of rotatable bonds is 6. The van der Waals surface area contributed by atoms with Crippen molar-refractivity contribution in [2.75, 3.05) is 12.3 Å². The number of nitrogens with zero attached hydrogens (tertiary/aromatic N) is 2. The van der Waals surface area contributed by atoms with E-state index in [4.69, 9.17) is 10.5 Å². The van der Waals surface area contributed by atoms with Crippen LogP contribution in [0.2, 0.25) is 0 Å². The molecule has 0 amide bonds. The molecule has 2 rings (SSSR count). The predicted octanol–water partition coefficient (Wildman–Crippen LogP) is 1.87. The van der Waals surface area contributed by atoms with E-state index in [0.29, 0.717) is 27.7 Å². The summed E-state index contributed by atoms with van der Waals surface area (Å²) in [5.41, 5.74) is 7.48. The highest BCUT2D eigenvalue weighted by atomic mass is 32.2. The number of Topliss-reactive ketones (excluding diaryl/α,β-unsaturated/α-hetero) is 1. The zero-order valence-electron chi connectivity index (χ0n) is 13.4. The number of carbonyl (C=O) groups is 2. The third-order valence-electron chi connectivity index (χ3n) is 3.30. The van der Waals surface area contributed by atoms with Gasteiger partial charge in [0, 0.05) is 5.69 Å². The fraction of sp³-hybridized carbons (Fsp3) is 0.429. The van der Waals surface area contributed by atoms with E-state index in [2.05, 4.69) is 20.2 Å². The summed E-state index contributed by atoms with van der Waals surface area (Å²) < 4.78 is 5.03. The number of nitrogen functional groups attached to an aromatic ring is 1. The average Bonchev–Trinajstić information content (AvgIpc) is 3.01. The number of hydrogen-bond donors (Lipinski definition) is 3. The predicted molar refractivity (Wildman–Crippen MR) is 86.7 cm³/mol. The second-order valence-electron chi connectivity index (χ2n) is 4.97. The Balaban J connectivity index is 2.22. The van der Waals surface area contributed by atoms with E-state index in [9.17, 15) is 9.59 Å². The molecule has 0 spiro atoms. The van der Waals surface area contributed by atoms with Crippen LogP contribution in [0.5, 0.6) is 0 Å². The van der Waals surface area contributed by atoms with Gasteiger partial charge in [0.05, 0.1) is 23.1 Å². The van der Waals surface area contributed by atoms with E-state index in [-0.39, 0.29) is 18.3 Å². The van der Waals surface area contributed by atoms with Crippen molar-refractivity contribution in [3.05, 3.63) is 22.5 Å². The van der Waals surface area contributed by atoms with Gasteiger partial charge in [-0.2, -0.15) is 4.98 Å². The number of ether oxygens (including phenoxy) is 1. The van der Waals surface area contributed by atoms with Crippen molar-refractivity contribution in [3.8, 4) is 0 Å². The zero-order valence-corrected chi connectivity index (χ0v) is 14.2. The maximum atomic E-state index is 12.6. The van der Waals surface area contributed by atoms with E-state index in [1.807, 2.05) is 0 Å². The zero-order chi connectivity index (χ0) is 17.1. The summed E-state index contributed by atoms with van der Waals surface area (Å²) in [6.07, 6.45) is 0. The van der Waals surface area contributed by atoms with E-state index in [1.165, 1.54) is 11.8 Å². The number of aryl methyl sites for hydroxylation is 1. The Hall–Kier alpha value is -2.29. The first-order valence-corrected chi connectivity index (χ1v) is 7.98. The minimum absolute atomic E-state index is 0.144. The van der Waals surface area contributed by atoms with Gasteiger partial charge >= 0.3 is 5.97 Å². The van der Waals surface area contributed by atoms with Gasteiger partial charge in [-0.3, -0.25) is 4.79 Å². The van der Waals surface area contributed by atoms with Crippen LogP contribution in [-0.2, 0) is 4.74 Å². The molecular formula is C14H19N5O3S. The molecule has 2 aromatic heterocycles. The Bertz CT molecular complexity index is 737. The van der Waals surface area contributed by atoms with Crippen molar-refractivity contribution in [1.29, 1.82) is 0 Å². The number of anilines is 1. The summed E-state index contributed by atoms with van der Waals surface area (Å²) >= 11 is 1.19. The van der Waals surface area contributed by atoms with Crippen molar-refractivity contribution in [2.45, 2.75) is 38.1 Å². The summed E-state index contributed by atoms with van der Waals surface area (Å²) in [5.74, 6) is -0.377. The molecule has 0 fully saturated rings. The summed E-state index contributed by atoms with van der Waals surface area (Å²) in [6.45, 7) is 7.24. The molecule has 8 nitrogen and oxygen atoms in total. The number of hydrogen-bond acceptors (Lipinski definition) is 7. The number of H-pyrrole nitrogens is 2. The maximum absolute atomic E-state index is 12.6. The molecule has 9 heteroatoms. The second kappa shape index (κ2) is 6.86. The lowest BCUT2D eigenvalue weighted by atomic mass is 10.1. The molecule has 0 bridgehead atoms. The third-order valence-corrected chi connectivity index (χ3v) is 4.26. The van der Waals surface area contributed by atoms with Crippen molar-refractivity contribution in [2.24, 2.45) is 0 Å². The van der Waals surface area contributed by atoms with Crippen LogP contribution in [-0.4, -0.2) is 43.8 Å². The molecule has 0 aliphatic rings. The number of aromatic amines is 2. The van der Waals surface area contributed by atoms with E-state index in [1.54, 1.807) is 27.7 Å². The fourth-order valence-electron chi connectivity index (χ4n) is 2.23. The number of carbonyl (C=O) groups excluding carboxylic acids is 2. The maximum Gasteiger partial charge on any atom is 0.340 e. The molecule has 4 N–H and O–H groups in total. The Morgan fingerprint density at radius 3 is 2.65 bits per heavy atom. The molecular weight excluding hydrogens is 318 g/mol. The fourth-order valence-corrected chi connectivity index (χ4v) is 3.02. The molecule has 0 radical (unpaired) electrons. The molecule has 0 saturated carbocycles. The summed E-state index contributed by atoms with van der Waals surface area (Å²) in [7, 11) is 0. The number of nitrogens with one attached hydrogen (secondary N) is 2. The first kappa shape index (κ1) is 17.1. The van der Waals surface area contributed by atoms with E-state index < -0.39 is 11.2 Å². The molecule has 23 heavy (non-hydrogen) atoms. The smallest absolute Gasteiger partial charge is 0.340 e. The molecule has 0 unspecified atom stereocenters. The Morgan fingerprint density at radius 1 is 1.39 bits per heavy atom. The summed E-state index contributed by atoms with van der Waals surface area (Å²) in [4.78, 5) is 31.6. The van der Waals surface area contributed by atoms with Gasteiger partial charge in [-0.05, 0) is 33.3 Å². The van der Waals surface area contributed by atoms with Crippen LogP contribution in [0.4, 0.5) is 5.95 Å². The third kappa shape index (κ3) is 3.55. The van der Waals surface area contributed by atoms with Crippen LogP contribution in [0.3, 0.4) is 0 Å². The van der Waals surface area contributed by atoms with Crippen LogP contribution in [0, 0.1) is 13.8 Å². The number of thioether (sulfide) groups is 1. The lowest BCUT2D eigenvalue weighted by molar-refractivity contribution is 0.0525. The van der Waals surface area contributed by atoms with Gasteiger partial charge in [-0.25, -0.2) is 9.89 Å².